The number of nitrogens with zero attached hydrogens (tertiary/aromatic N) is 1. The Morgan fingerprint density at radius 2 is 1.76 bits per heavy atom. The van der Waals surface area contributed by atoms with E-state index in [2.05, 4.69) is 5.16 Å². The fourth-order valence-electron chi connectivity index (χ4n) is 1.90. The number of hydrogen-bond donors (Lipinski definition) is 0. The molecule has 3 aromatic rings. The molecule has 0 N–H and O–H groups in total. The van der Waals surface area contributed by atoms with Crippen LogP contribution in [0.3, 0.4) is 0 Å². The minimum Gasteiger partial charge on any atom is -0.497 e. The van der Waals surface area contributed by atoms with Crippen LogP contribution in [-0.4, -0.2) is 16.5 Å². The SMILES string of the molecule is COc1ccc(-c2cc(S(=O)c3ccccc3)on2)cc1. The second kappa shape index (κ2) is 5.93. The third-order valence-corrected chi connectivity index (χ3v) is 4.27. The Labute approximate surface area is 124 Å². The van der Waals surface area contributed by atoms with Crippen molar-refractivity contribution in [1.82, 2.24) is 5.16 Å². The first-order valence-electron chi connectivity index (χ1n) is 6.36. The van der Waals surface area contributed by atoms with Crippen molar-refractivity contribution in [3.05, 3.63) is 60.7 Å². The number of benzene rings is 2. The van der Waals surface area contributed by atoms with Gasteiger partial charge in [0, 0.05) is 16.5 Å². The lowest BCUT2D eigenvalue weighted by Gasteiger charge is -1.99. The molecule has 5 heteroatoms. The summed E-state index contributed by atoms with van der Waals surface area (Å²) in [6.07, 6.45) is 0. The fraction of sp³-hybridized carbons (Fsp3) is 0.0625. The first kappa shape index (κ1) is 13.6. The number of aromatic nitrogens is 1. The van der Waals surface area contributed by atoms with Gasteiger partial charge in [-0.05, 0) is 36.4 Å². The lowest BCUT2D eigenvalue weighted by atomic mass is 10.1. The van der Waals surface area contributed by atoms with E-state index in [1.807, 2.05) is 42.5 Å². The maximum Gasteiger partial charge on any atom is 0.228 e. The van der Waals surface area contributed by atoms with Gasteiger partial charge in [-0.1, -0.05) is 23.4 Å². The molecule has 0 bridgehead atoms. The van der Waals surface area contributed by atoms with Crippen LogP contribution in [-0.2, 0) is 10.8 Å². The highest BCUT2D eigenvalue weighted by Gasteiger charge is 2.14. The lowest BCUT2D eigenvalue weighted by molar-refractivity contribution is 0.347. The van der Waals surface area contributed by atoms with E-state index in [9.17, 15) is 4.21 Å². The van der Waals surface area contributed by atoms with Crippen molar-refractivity contribution in [3.63, 3.8) is 0 Å². The summed E-state index contributed by atoms with van der Waals surface area (Å²) in [5, 5.41) is 4.32. The predicted octanol–water partition coefficient (Wildman–Crippen LogP) is 3.52. The Bertz CT molecular complexity index is 751. The standard InChI is InChI=1S/C16H13NO3S/c1-19-13-9-7-12(8-10-13)15-11-16(20-17-15)21(18)14-5-3-2-4-6-14/h2-11H,1H3. The summed E-state index contributed by atoms with van der Waals surface area (Å²) in [4.78, 5) is 0.690. The molecule has 4 nitrogen and oxygen atoms in total. The molecule has 1 aromatic heterocycles. The second-order valence-corrected chi connectivity index (χ2v) is 5.75. The summed E-state index contributed by atoms with van der Waals surface area (Å²) in [5.74, 6) is 0.773. The number of hydrogen-bond acceptors (Lipinski definition) is 4. The highest BCUT2D eigenvalue weighted by molar-refractivity contribution is 7.85. The smallest absolute Gasteiger partial charge is 0.228 e. The van der Waals surface area contributed by atoms with E-state index in [-0.39, 0.29) is 0 Å². The van der Waals surface area contributed by atoms with Gasteiger partial charge in [0.15, 0.2) is 0 Å². The van der Waals surface area contributed by atoms with Gasteiger partial charge in [-0.15, -0.1) is 0 Å². The number of rotatable bonds is 4. The largest absolute Gasteiger partial charge is 0.497 e. The van der Waals surface area contributed by atoms with E-state index in [0.717, 1.165) is 11.3 Å². The Kier molecular flexibility index (Phi) is 3.83. The van der Waals surface area contributed by atoms with E-state index in [0.29, 0.717) is 15.7 Å². The first-order valence-corrected chi connectivity index (χ1v) is 7.51. The van der Waals surface area contributed by atoms with E-state index in [4.69, 9.17) is 9.26 Å². The predicted molar refractivity (Wildman–Crippen MR) is 79.6 cm³/mol. The van der Waals surface area contributed by atoms with Gasteiger partial charge in [0.2, 0.25) is 5.09 Å². The highest BCUT2D eigenvalue weighted by atomic mass is 32.2. The van der Waals surface area contributed by atoms with Gasteiger partial charge >= 0.3 is 0 Å². The van der Waals surface area contributed by atoms with Crippen molar-refractivity contribution < 1.29 is 13.5 Å². The average Bonchev–Trinajstić information content (AvgIpc) is 3.05. The van der Waals surface area contributed by atoms with Crippen LogP contribution in [0.4, 0.5) is 0 Å². The summed E-state index contributed by atoms with van der Waals surface area (Å²) in [6.45, 7) is 0. The zero-order chi connectivity index (χ0) is 14.7. The van der Waals surface area contributed by atoms with Crippen molar-refractivity contribution in [2.24, 2.45) is 0 Å². The molecule has 0 aliphatic carbocycles. The third kappa shape index (κ3) is 2.87. The van der Waals surface area contributed by atoms with Crippen LogP contribution < -0.4 is 4.74 Å². The quantitative estimate of drug-likeness (QED) is 0.739. The van der Waals surface area contributed by atoms with Gasteiger partial charge in [-0.2, -0.15) is 0 Å². The summed E-state index contributed by atoms with van der Waals surface area (Å²) in [5.41, 5.74) is 1.53. The van der Waals surface area contributed by atoms with Crippen molar-refractivity contribution in [2.45, 2.75) is 9.99 Å². The first-order chi connectivity index (χ1) is 10.3. The van der Waals surface area contributed by atoms with Gasteiger partial charge in [0.25, 0.3) is 0 Å². The maximum atomic E-state index is 12.3. The highest BCUT2D eigenvalue weighted by Crippen LogP contribution is 2.25. The molecule has 0 radical (unpaired) electrons. The summed E-state index contributed by atoms with van der Waals surface area (Å²) in [6, 6.07) is 18.3. The summed E-state index contributed by atoms with van der Waals surface area (Å²) < 4.78 is 22.7. The molecule has 0 spiro atoms. The Balaban J connectivity index is 1.87. The van der Waals surface area contributed by atoms with E-state index < -0.39 is 10.8 Å². The molecular formula is C16H13NO3S. The Hall–Kier alpha value is -2.40. The Morgan fingerprint density at radius 1 is 1.05 bits per heavy atom. The number of methoxy groups -OCH3 is 1. The van der Waals surface area contributed by atoms with Crippen molar-refractivity contribution >= 4 is 10.8 Å². The van der Waals surface area contributed by atoms with Crippen LogP contribution in [0.25, 0.3) is 11.3 Å². The van der Waals surface area contributed by atoms with E-state index in [1.54, 1.807) is 25.3 Å². The lowest BCUT2D eigenvalue weighted by Crippen LogP contribution is -1.89. The summed E-state index contributed by atoms with van der Waals surface area (Å²) >= 11 is 0. The fourth-order valence-corrected chi connectivity index (χ4v) is 2.86. The van der Waals surface area contributed by atoms with Crippen LogP contribution in [0.5, 0.6) is 5.75 Å². The Morgan fingerprint density at radius 3 is 2.43 bits per heavy atom. The van der Waals surface area contributed by atoms with Crippen LogP contribution >= 0.6 is 0 Å². The molecule has 0 fully saturated rings. The molecule has 1 atom stereocenters. The minimum absolute atomic E-state index is 0.340. The molecular weight excluding hydrogens is 286 g/mol. The van der Waals surface area contributed by atoms with Crippen molar-refractivity contribution in [1.29, 1.82) is 0 Å². The second-order valence-electron chi connectivity index (χ2n) is 4.34. The van der Waals surface area contributed by atoms with Crippen LogP contribution in [0.15, 0.2) is 75.2 Å². The molecule has 0 amide bonds. The van der Waals surface area contributed by atoms with Gasteiger partial charge in [-0.25, -0.2) is 4.21 Å². The molecule has 106 valence electrons. The topological polar surface area (TPSA) is 52.3 Å². The van der Waals surface area contributed by atoms with Crippen molar-refractivity contribution in [2.75, 3.05) is 7.11 Å². The molecule has 1 unspecified atom stereocenters. The molecule has 0 saturated carbocycles. The average molecular weight is 299 g/mol. The van der Waals surface area contributed by atoms with Gasteiger partial charge < -0.3 is 9.26 Å². The van der Waals surface area contributed by atoms with Crippen LogP contribution in [0.2, 0.25) is 0 Å². The molecule has 0 saturated heterocycles. The van der Waals surface area contributed by atoms with Gasteiger partial charge in [0.05, 0.1) is 7.11 Å². The normalized spacial score (nSPS) is 12.0. The summed E-state index contributed by atoms with van der Waals surface area (Å²) in [7, 11) is 0.258. The molecule has 2 aromatic carbocycles. The number of ether oxygens (including phenoxy) is 1. The third-order valence-electron chi connectivity index (χ3n) is 3.01. The van der Waals surface area contributed by atoms with Gasteiger partial charge in [-0.3, -0.25) is 0 Å². The van der Waals surface area contributed by atoms with E-state index in [1.165, 1.54) is 0 Å². The molecule has 1 heterocycles. The maximum absolute atomic E-state index is 12.3. The molecule has 3 rings (SSSR count). The molecule has 21 heavy (non-hydrogen) atoms. The zero-order valence-electron chi connectivity index (χ0n) is 11.4. The molecule has 0 aliphatic heterocycles. The molecule has 0 aliphatic rings. The van der Waals surface area contributed by atoms with Crippen molar-refractivity contribution in [3.8, 4) is 17.0 Å². The minimum atomic E-state index is -1.36. The monoisotopic (exact) mass is 299 g/mol. The van der Waals surface area contributed by atoms with Crippen LogP contribution in [0, 0.1) is 0 Å². The van der Waals surface area contributed by atoms with Gasteiger partial charge in [0.1, 0.15) is 22.2 Å². The zero-order valence-corrected chi connectivity index (χ0v) is 12.2. The van der Waals surface area contributed by atoms with E-state index >= 15 is 0 Å². The van der Waals surface area contributed by atoms with Crippen LogP contribution in [0.1, 0.15) is 0 Å².